The maximum absolute atomic E-state index is 11.6. The van der Waals surface area contributed by atoms with Crippen LogP contribution in [0.3, 0.4) is 0 Å². The predicted molar refractivity (Wildman–Crippen MR) is 101 cm³/mol. The SMILES string of the molecule is C/C=C/C.CC.CCCCC(=O)Oc1cccc2ccccc12. The fraction of sp³-hybridized carbons (Fsp3) is 0.381. The lowest BCUT2D eigenvalue weighted by atomic mass is 10.1. The van der Waals surface area contributed by atoms with E-state index < -0.39 is 0 Å². The first-order valence-corrected chi connectivity index (χ1v) is 8.48. The van der Waals surface area contributed by atoms with Gasteiger partial charge in [0, 0.05) is 11.8 Å². The number of carbonyl (C=O) groups excluding carboxylic acids is 1. The van der Waals surface area contributed by atoms with E-state index in [4.69, 9.17) is 4.74 Å². The minimum absolute atomic E-state index is 0.150. The van der Waals surface area contributed by atoms with Crippen LogP contribution < -0.4 is 4.74 Å². The Balaban J connectivity index is 0.000000705. The zero-order valence-electron chi connectivity index (χ0n) is 15.1. The molecule has 0 spiro atoms. The molecule has 2 heteroatoms. The number of carbonyl (C=O) groups is 1. The first-order valence-electron chi connectivity index (χ1n) is 8.48. The van der Waals surface area contributed by atoms with Gasteiger partial charge in [-0.25, -0.2) is 0 Å². The van der Waals surface area contributed by atoms with Crippen molar-refractivity contribution in [2.45, 2.75) is 53.9 Å². The van der Waals surface area contributed by atoms with Crippen molar-refractivity contribution in [2.24, 2.45) is 0 Å². The minimum atomic E-state index is -0.150. The van der Waals surface area contributed by atoms with Gasteiger partial charge in [-0.2, -0.15) is 0 Å². The molecule has 2 aromatic carbocycles. The topological polar surface area (TPSA) is 26.3 Å². The van der Waals surface area contributed by atoms with E-state index in [-0.39, 0.29) is 5.97 Å². The number of ether oxygens (including phenoxy) is 1. The van der Waals surface area contributed by atoms with Crippen LogP contribution in [0.5, 0.6) is 5.75 Å². The maximum Gasteiger partial charge on any atom is 0.311 e. The number of unbranched alkanes of at least 4 members (excludes halogenated alkanes) is 1. The fourth-order valence-corrected chi connectivity index (χ4v) is 1.78. The molecule has 0 radical (unpaired) electrons. The zero-order valence-corrected chi connectivity index (χ0v) is 15.1. The number of hydrogen-bond donors (Lipinski definition) is 0. The van der Waals surface area contributed by atoms with Crippen LogP contribution in [0.2, 0.25) is 0 Å². The summed E-state index contributed by atoms with van der Waals surface area (Å²) >= 11 is 0. The van der Waals surface area contributed by atoms with Crippen molar-refractivity contribution < 1.29 is 9.53 Å². The summed E-state index contributed by atoms with van der Waals surface area (Å²) in [4.78, 5) is 11.6. The smallest absolute Gasteiger partial charge is 0.311 e. The molecular weight excluding hydrogens is 284 g/mol. The highest BCUT2D eigenvalue weighted by Crippen LogP contribution is 2.25. The van der Waals surface area contributed by atoms with E-state index in [9.17, 15) is 4.79 Å². The lowest BCUT2D eigenvalue weighted by molar-refractivity contribution is -0.134. The van der Waals surface area contributed by atoms with Crippen molar-refractivity contribution in [1.82, 2.24) is 0 Å². The van der Waals surface area contributed by atoms with Gasteiger partial charge in [0.2, 0.25) is 0 Å². The second-order valence-electron chi connectivity index (χ2n) is 4.72. The third-order valence-corrected chi connectivity index (χ3v) is 3.04. The summed E-state index contributed by atoms with van der Waals surface area (Å²) in [6.07, 6.45) is 6.37. The van der Waals surface area contributed by atoms with E-state index >= 15 is 0 Å². The molecule has 0 atom stereocenters. The van der Waals surface area contributed by atoms with Crippen LogP contribution in [0.25, 0.3) is 10.8 Å². The number of allylic oxidation sites excluding steroid dienone is 2. The fourth-order valence-electron chi connectivity index (χ4n) is 1.78. The van der Waals surface area contributed by atoms with E-state index in [1.165, 1.54) is 0 Å². The van der Waals surface area contributed by atoms with Crippen molar-refractivity contribution in [3.05, 3.63) is 54.6 Å². The second kappa shape index (κ2) is 13.6. The zero-order chi connectivity index (χ0) is 17.5. The third-order valence-electron chi connectivity index (χ3n) is 3.04. The minimum Gasteiger partial charge on any atom is -0.426 e. The highest BCUT2D eigenvalue weighted by atomic mass is 16.5. The van der Waals surface area contributed by atoms with Crippen LogP contribution in [0.15, 0.2) is 54.6 Å². The molecule has 0 unspecified atom stereocenters. The molecular formula is C21H30O2. The van der Waals surface area contributed by atoms with Crippen molar-refractivity contribution in [3.8, 4) is 5.75 Å². The molecule has 0 amide bonds. The van der Waals surface area contributed by atoms with Crippen molar-refractivity contribution in [2.75, 3.05) is 0 Å². The van der Waals surface area contributed by atoms with Gasteiger partial charge >= 0.3 is 5.97 Å². The molecule has 2 aromatic rings. The molecule has 0 N–H and O–H groups in total. The Morgan fingerprint density at radius 2 is 1.61 bits per heavy atom. The second-order valence-corrected chi connectivity index (χ2v) is 4.72. The van der Waals surface area contributed by atoms with Crippen molar-refractivity contribution in [1.29, 1.82) is 0 Å². The van der Waals surface area contributed by atoms with Gasteiger partial charge in [0.25, 0.3) is 0 Å². The van der Waals surface area contributed by atoms with E-state index in [1.54, 1.807) is 0 Å². The Kier molecular flexibility index (Phi) is 12.3. The average molecular weight is 314 g/mol. The van der Waals surface area contributed by atoms with Crippen molar-refractivity contribution in [3.63, 3.8) is 0 Å². The summed E-state index contributed by atoms with van der Waals surface area (Å²) in [6.45, 7) is 10.1. The molecule has 0 heterocycles. The largest absolute Gasteiger partial charge is 0.426 e. The van der Waals surface area contributed by atoms with Gasteiger partial charge in [-0.05, 0) is 31.7 Å². The summed E-state index contributed by atoms with van der Waals surface area (Å²) in [7, 11) is 0. The van der Waals surface area contributed by atoms with Gasteiger partial charge in [-0.1, -0.05) is 75.7 Å². The Labute approximate surface area is 141 Å². The van der Waals surface area contributed by atoms with E-state index in [0.717, 1.165) is 23.6 Å². The maximum atomic E-state index is 11.6. The summed E-state index contributed by atoms with van der Waals surface area (Å²) in [5.74, 6) is 0.507. The van der Waals surface area contributed by atoms with Gasteiger partial charge in [0.15, 0.2) is 0 Å². The number of esters is 1. The molecule has 0 aliphatic heterocycles. The van der Waals surface area contributed by atoms with Gasteiger partial charge in [0.1, 0.15) is 5.75 Å². The molecule has 2 rings (SSSR count). The molecule has 0 aliphatic carbocycles. The molecule has 0 bridgehead atoms. The predicted octanol–water partition coefficient (Wildman–Crippen LogP) is 6.54. The van der Waals surface area contributed by atoms with Gasteiger partial charge in [0.05, 0.1) is 0 Å². The molecule has 0 saturated carbocycles. The van der Waals surface area contributed by atoms with Gasteiger partial charge in [-0.3, -0.25) is 4.79 Å². The first-order chi connectivity index (χ1) is 11.2. The number of benzene rings is 2. The van der Waals surface area contributed by atoms with E-state index in [0.29, 0.717) is 12.2 Å². The van der Waals surface area contributed by atoms with Crippen LogP contribution in [0.4, 0.5) is 0 Å². The van der Waals surface area contributed by atoms with E-state index in [1.807, 2.05) is 82.3 Å². The van der Waals surface area contributed by atoms with Crippen LogP contribution in [-0.4, -0.2) is 5.97 Å². The van der Waals surface area contributed by atoms with Crippen LogP contribution in [0, 0.1) is 0 Å². The molecule has 126 valence electrons. The monoisotopic (exact) mass is 314 g/mol. The summed E-state index contributed by atoms with van der Waals surface area (Å²) in [5.41, 5.74) is 0. The Bertz CT molecular complexity index is 576. The summed E-state index contributed by atoms with van der Waals surface area (Å²) < 4.78 is 5.39. The lowest BCUT2D eigenvalue weighted by Crippen LogP contribution is -2.07. The standard InChI is InChI=1S/C15H16O2.C4H8.C2H6/c1-2-3-11-15(16)17-14-10-6-8-12-7-4-5-9-13(12)14;1-3-4-2;1-2/h4-10H,2-3,11H2,1H3;3-4H,1-2H3;1-2H3/b;4-3+;. The number of hydrogen-bond acceptors (Lipinski definition) is 2. The quantitative estimate of drug-likeness (QED) is 0.363. The van der Waals surface area contributed by atoms with Gasteiger partial charge in [-0.15, -0.1) is 0 Å². The van der Waals surface area contributed by atoms with Crippen LogP contribution in [-0.2, 0) is 4.79 Å². The van der Waals surface area contributed by atoms with E-state index in [2.05, 4.69) is 6.92 Å². The molecule has 0 aliphatic rings. The number of rotatable bonds is 4. The average Bonchev–Trinajstić information content (AvgIpc) is 2.62. The van der Waals surface area contributed by atoms with Gasteiger partial charge < -0.3 is 4.74 Å². The molecule has 0 saturated heterocycles. The Morgan fingerprint density at radius 1 is 1.00 bits per heavy atom. The normalized spacial score (nSPS) is 9.61. The highest BCUT2D eigenvalue weighted by molar-refractivity contribution is 5.90. The molecule has 23 heavy (non-hydrogen) atoms. The molecule has 2 nitrogen and oxygen atoms in total. The Morgan fingerprint density at radius 3 is 2.22 bits per heavy atom. The molecule has 0 fully saturated rings. The van der Waals surface area contributed by atoms with Crippen molar-refractivity contribution >= 4 is 16.7 Å². The summed E-state index contributed by atoms with van der Waals surface area (Å²) in [6, 6.07) is 13.7. The highest BCUT2D eigenvalue weighted by Gasteiger charge is 2.06. The van der Waals surface area contributed by atoms with Crippen LogP contribution >= 0.6 is 0 Å². The lowest BCUT2D eigenvalue weighted by Gasteiger charge is -2.07. The third kappa shape index (κ3) is 8.20. The summed E-state index contributed by atoms with van der Waals surface area (Å²) in [5, 5.41) is 2.08. The Hall–Kier alpha value is -2.09. The first kappa shape index (κ1) is 20.9. The molecule has 0 aromatic heterocycles. The number of fused-ring (bicyclic) bond motifs is 1. The van der Waals surface area contributed by atoms with Crippen LogP contribution in [0.1, 0.15) is 53.9 Å².